The molecule has 0 radical (unpaired) electrons. The van der Waals surface area contributed by atoms with Crippen molar-refractivity contribution < 1.29 is 28.9 Å². The average molecular weight is 426 g/mol. The minimum atomic E-state index is -1.10. The number of amides is 3. The van der Waals surface area contributed by atoms with E-state index in [2.05, 4.69) is 5.32 Å². The van der Waals surface area contributed by atoms with Crippen LogP contribution >= 0.6 is 0 Å². The molecule has 0 bridgehead atoms. The van der Waals surface area contributed by atoms with E-state index in [1.165, 1.54) is 0 Å². The highest BCUT2D eigenvalue weighted by molar-refractivity contribution is 6.07. The number of ether oxygens (including phenoxy) is 3. The molecule has 2 N–H and O–H groups in total. The third-order valence-corrected chi connectivity index (χ3v) is 5.53. The van der Waals surface area contributed by atoms with E-state index >= 15 is 0 Å². The monoisotopic (exact) mass is 426 g/mol. The van der Waals surface area contributed by atoms with Gasteiger partial charge < -0.3 is 24.6 Å². The number of benzene rings is 2. The second-order valence-electron chi connectivity index (χ2n) is 7.70. The number of β-amino-alcohol motifs (C(OH)–C–C–N with tert-alkyl or cyclic N) is 1. The predicted octanol–water partition coefficient (Wildman–Crippen LogP) is 2.79. The summed E-state index contributed by atoms with van der Waals surface area (Å²) in [7, 11) is 0. The normalized spacial score (nSPS) is 20.6. The van der Waals surface area contributed by atoms with Gasteiger partial charge in [-0.1, -0.05) is 50.1 Å². The number of rotatable bonds is 9. The van der Waals surface area contributed by atoms with Gasteiger partial charge in [0.15, 0.2) is 11.5 Å². The molecule has 0 saturated carbocycles. The van der Waals surface area contributed by atoms with E-state index in [0.717, 1.165) is 23.3 Å². The topological polar surface area (TPSA) is 97.3 Å². The predicted molar refractivity (Wildman–Crippen MR) is 112 cm³/mol. The molecule has 2 heterocycles. The number of urea groups is 1. The van der Waals surface area contributed by atoms with Crippen LogP contribution in [0.3, 0.4) is 0 Å². The van der Waals surface area contributed by atoms with E-state index in [1.807, 2.05) is 37.3 Å². The fourth-order valence-corrected chi connectivity index (χ4v) is 3.89. The van der Waals surface area contributed by atoms with Crippen molar-refractivity contribution >= 4 is 11.9 Å². The van der Waals surface area contributed by atoms with E-state index < -0.39 is 17.7 Å². The molecule has 8 nitrogen and oxygen atoms in total. The van der Waals surface area contributed by atoms with E-state index in [0.29, 0.717) is 23.7 Å². The Bertz CT molecular complexity index is 950. The first-order chi connectivity index (χ1) is 15.0. The molecule has 4 rings (SSSR count). The molecule has 1 saturated heterocycles. The molecule has 0 aromatic heterocycles. The standard InChI is InChI=1S/C23H26N2O6/c1-2-3-11-23(16-7-5-4-6-8-16)21(27)25(22(28)24-23)13-17(26)14-29-18-9-10-19-20(12-18)31-15-30-19/h4-10,12,17,26H,2-3,11,13-15H2,1H3,(H,24,28). The van der Waals surface area contributed by atoms with Gasteiger partial charge in [0.2, 0.25) is 6.79 Å². The van der Waals surface area contributed by atoms with Gasteiger partial charge in [0.25, 0.3) is 5.91 Å². The van der Waals surface area contributed by atoms with Crippen LogP contribution in [0.5, 0.6) is 17.2 Å². The number of nitrogens with zero attached hydrogens (tertiary/aromatic N) is 1. The largest absolute Gasteiger partial charge is 0.491 e. The Kier molecular flexibility index (Phi) is 5.99. The molecule has 8 heteroatoms. The van der Waals surface area contributed by atoms with Crippen LogP contribution in [-0.4, -0.2) is 48.0 Å². The molecule has 0 spiro atoms. The summed E-state index contributed by atoms with van der Waals surface area (Å²) in [6.45, 7) is 1.96. The zero-order chi connectivity index (χ0) is 21.8. The quantitative estimate of drug-likeness (QED) is 0.599. The Morgan fingerprint density at radius 3 is 2.71 bits per heavy atom. The highest BCUT2D eigenvalue weighted by atomic mass is 16.7. The Hall–Kier alpha value is -3.26. The summed E-state index contributed by atoms with van der Waals surface area (Å²) in [5.41, 5.74) is -0.359. The van der Waals surface area contributed by atoms with Gasteiger partial charge in [-0.25, -0.2) is 4.79 Å². The van der Waals surface area contributed by atoms with Crippen LogP contribution in [-0.2, 0) is 10.3 Å². The number of hydrogen-bond acceptors (Lipinski definition) is 6. The lowest BCUT2D eigenvalue weighted by atomic mass is 9.85. The molecule has 2 aliphatic heterocycles. The number of aliphatic hydroxyl groups is 1. The summed E-state index contributed by atoms with van der Waals surface area (Å²) in [6, 6.07) is 13.8. The molecule has 2 aromatic rings. The van der Waals surface area contributed by atoms with Gasteiger partial charge in [-0.2, -0.15) is 0 Å². The summed E-state index contributed by atoms with van der Waals surface area (Å²) in [6.07, 6.45) is 1.13. The lowest BCUT2D eigenvalue weighted by Gasteiger charge is -2.27. The lowest BCUT2D eigenvalue weighted by molar-refractivity contribution is -0.133. The highest BCUT2D eigenvalue weighted by Gasteiger charge is 2.52. The van der Waals surface area contributed by atoms with Gasteiger partial charge in [0.05, 0.1) is 6.54 Å². The molecular formula is C23H26N2O6. The number of imide groups is 1. The third kappa shape index (κ3) is 4.16. The minimum absolute atomic E-state index is 0.0794. The summed E-state index contributed by atoms with van der Waals surface area (Å²) in [5, 5.41) is 13.3. The van der Waals surface area contributed by atoms with Crippen molar-refractivity contribution in [2.75, 3.05) is 19.9 Å². The first-order valence-corrected chi connectivity index (χ1v) is 10.4. The molecular weight excluding hydrogens is 400 g/mol. The van der Waals surface area contributed by atoms with Gasteiger partial charge in [0.1, 0.15) is 24.0 Å². The SMILES string of the molecule is CCCCC1(c2ccccc2)NC(=O)N(CC(O)COc2ccc3c(c2)OCO3)C1=O. The fraction of sp³-hybridized carbons (Fsp3) is 0.391. The van der Waals surface area contributed by atoms with Crippen LogP contribution in [0.2, 0.25) is 0 Å². The molecule has 3 amide bonds. The van der Waals surface area contributed by atoms with E-state index in [4.69, 9.17) is 14.2 Å². The van der Waals surface area contributed by atoms with Crippen LogP contribution in [0.25, 0.3) is 0 Å². The van der Waals surface area contributed by atoms with Crippen molar-refractivity contribution in [1.29, 1.82) is 0 Å². The van der Waals surface area contributed by atoms with Crippen LogP contribution in [0.15, 0.2) is 48.5 Å². The minimum Gasteiger partial charge on any atom is -0.491 e. The van der Waals surface area contributed by atoms with Crippen LogP contribution in [0.1, 0.15) is 31.7 Å². The van der Waals surface area contributed by atoms with E-state index in [9.17, 15) is 14.7 Å². The number of hydrogen-bond donors (Lipinski definition) is 2. The maximum Gasteiger partial charge on any atom is 0.325 e. The third-order valence-electron chi connectivity index (χ3n) is 5.53. The highest BCUT2D eigenvalue weighted by Crippen LogP contribution is 2.36. The molecule has 2 atom stereocenters. The number of unbranched alkanes of at least 4 members (excludes halogenated alkanes) is 1. The molecule has 2 unspecified atom stereocenters. The van der Waals surface area contributed by atoms with E-state index in [1.54, 1.807) is 18.2 Å². The van der Waals surface area contributed by atoms with Gasteiger partial charge in [-0.05, 0) is 24.1 Å². The van der Waals surface area contributed by atoms with Crippen molar-refractivity contribution in [3.8, 4) is 17.2 Å². The van der Waals surface area contributed by atoms with Gasteiger partial charge >= 0.3 is 6.03 Å². The molecule has 2 aliphatic rings. The van der Waals surface area contributed by atoms with Gasteiger partial charge in [-0.3, -0.25) is 9.69 Å². The molecule has 2 aromatic carbocycles. The van der Waals surface area contributed by atoms with Gasteiger partial charge in [0, 0.05) is 6.07 Å². The van der Waals surface area contributed by atoms with Crippen LogP contribution < -0.4 is 19.5 Å². The van der Waals surface area contributed by atoms with Crippen LogP contribution in [0, 0.1) is 0 Å². The number of carbonyl (C=O) groups excluding carboxylic acids is 2. The summed E-state index contributed by atoms with van der Waals surface area (Å²) < 4.78 is 16.2. The maximum atomic E-state index is 13.3. The smallest absolute Gasteiger partial charge is 0.325 e. The van der Waals surface area contributed by atoms with Crippen molar-refractivity contribution in [2.45, 2.75) is 37.8 Å². The fourth-order valence-electron chi connectivity index (χ4n) is 3.89. The van der Waals surface area contributed by atoms with Crippen LogP contribution in [0.4, 0.5) is 4.79 Å². The molecule has 31 heavy (non-hydrogen) atoms. The Morgan fingerprint density at radius 1 is 1.16 bits per heavy atom. The summed E-state index contributed by atoms with van der Waals surface area (Å²) in [5.74, 6) is 1.36. The number of carbonyl (C=O) groups is 2. The number of aliphatic hydroxyl groups excluding tert-OH is 1. The van der Waals surface area contributed by atoms with Crippen molar-refractivity contribution in [1.82, 2.24) is 10.2 Å². The Balaban J connectivity index is 1.43. The second kappa shape index (κ2) is 8.85. The van der Waals surface area contributed by atoms with Crippen molar-refractivity contribution in [2.24, 2.45) is 0 Å². The number of fused-ring (bicyclic) bond motifs is 1. The second-order valence-corrected chi connectivity index (χ2v) is 7.70. The van der Waals surface area contributed by atoms with E-state index in [-0.39, 0.29) is 25.9 Å². The first-order valence-electron chi connectivity index (χ1n) is 10.4. The first kappa shape index (κ1) is 21.0. The Labute approximate surface area is 180 Å². The number of nitrogens with one attached hydrogen (secondary N) is 1. The molecule has 0 aliphatic carbocycles. The zero-order valence-electron chi connectivity index (χ0n) is 17.4. The lowest BCUT2D eigenvalue weighted by Crippen LogP contribution is -2.45. The molecule has 1 fully saturated rings. The Morgan fingerprint density at radius 2 is 1.94 bits per heavy atom. The maximum absolute atomic E-state index is 13.3. The zero-order valence-corrected chi connectivity index (χ0v) is 17.4. The summed E-state index contributed by atoms with van der Waals surface area (Å²) in [4.78, 5) is 27.1. The van der Waals surface area contributed by atoms with Gasteiger partial charge in [-0.15, -0.1) is 0 Å². The summed E-state index contributed by atoms with van der Waals surface area (Å²) >= 11 is 0. The van der Waals surface area contributed by atoms with Crippen molar-refractivity contribution in [3.63, 3.8) is 0 Å². The van der Waals surface area contributed by atoms with Crippen molar-refractivity contribution in [3.05, 3.63) is 54.1 Å². The average Bonchev–Trinajstić information content (AvgIpc) is 3.35. The molecule has 164 valence electrons.